The lowest BCUT2D eigenvalue weighted by molar-refractivity contribution is -0.123. The number of carbonyl (C=O) groups is 2. The quantitative estimate of drug-likeness (QED) is 0.618. The van der Waals surface area contributed by atoms with E-state index >= 15 is 0 Å². The first-order chi connectivity index (χ1) is 13.9. The zero-order chi connectivity index (χ0) is 21.0. The van der Waals surface area contributed by atoms with Crippen LogP contribution < -0.4 is 14.8 Å². The molecule has 3 aromatic carbocycles. The van der Waals surface area contributed by atoms with Crippen LogP contribution in [0.5, 0.6) is 17.2 Å². The van der Waals surface area contributed by atoms with Crippen molar-refractivity contribution in [2.75, 3.05) is 19.5 Å². The Labute approximate surface area is 167 Å². The number of ether oxygens (including phenoxy) is 3. The summed E-state index contributed by atoms with van der Waals surface area (Å²) in [6, 6.07) is 15.2. The number of carbonyl (C=O) groups excluding carboxylic acids is 2. The highest BCUT2D eigenvalue weighted by Gasteiger charge is 2.23. The maximum atomic E-state index is 12.5. The topological polar surface area (TPSA) is 94.1 Å². The van der Waals surface area contributed by atoms with E-state index in [1.165, 1.54) is 27.2 Å². The van der Waals surface area contributed by atoms with Crippen LogP contribution in [-0.4, -0.2) is 37.3 Å². The van der Waals surface area contributed by atoms with Gasteiger partial charge in [-0.2, -0.15) is 0 Å². The molecule has 0 aliphatic carbocycles. The molecule has 7 heteroatoms. The lowest BCUT2D eigenvalue weighted by Crippen LogP contribution is -2.30. The number of rotatable bonds is 6. The summed E-state index contributed by atoms with van der Waals surface area (Å²) >= 11 is 0. The van der Waals surface area contributed by atoms with E-state index in [-0.39, 0.29) is 11.3 Å². The molecule has 1 unspecified atom stereocenters. The Hall–Kier alpha value is -3.74. The van der Waals surface area contributed by atoms with Gasteiger partial charge in [0.05, 0.1) is 19.9 Å². The summed E-state index contributed by atoms with van der Waals surface area (Å²) < 4.78 is 15.6. The summed E-state index contributed by atoms with van der Waals surface area (Å²) in [6.45, 7) is 1.44. The van der Waals surface area contributed by atoms with Gasteiger partial charge in [-0.05, 0) is 30.5 Å². The molecule has 0 fully saturated rings. The molecule has 0 saturated heterocycles. The van der Waals surface area contributed by atoms with Crippen LogP contribution in [0.3, 0.4) is 0 Å². The molecule has 0 aliphatic rings. The van der Waals surface area contributed by atoms with Gasteiger partial charge in [0.1, 0.15) is 22.8 Å². The third-order valence-electron chi connectivity index (χ3n) is 4.44. The van der Waals surface area contributed by atoms with Crippen LogP contribution in [-0.2, 0) is 9.53 Å². The molecule has 3 rings (SSSR count). The predicted octanol–water partition coefficient (Wildman–Crippen LogP) is 3.75. The number of anilines is 1. The second-order valence-electron chi connectivity index (χ2n) is 6.29. The summed E-state index contributed by atoms with van der Waals surface area (Å²) in [5.74, 6) is -0.564. The van der Waals surface area contributed by atoms with Crippen molar-refractivity contribution in [2.24, 2.45) is 0 Å². The fraction of sp³-hybridized carbons (Fsp3) is 0.182. The molecule has 0 bridgehead atoms. The third kappa shape index (κ3) is 4.24. The average molecular weight is 395 g/mol. The molecule has 3 aromatic rings. The van der Waals surface area contributed by atoms with E-state index in [9.17, 15) is 14.7 Å². The molecule has 150 valence electrons. The molecule has 29 heavy (non-hydrogen) atoms. The minimum Gasteiger partial charge on any atom is -0.506 e. The molecule has 0 aromatic heterocycles. The number of esters is 1. The normalized spacial score (nSPS) is 11.6. The zero-order valence-electron chi connectivity index (χ0n) is 16.3. The van der Waals surface area contributed by atoms with E-state index < -0.39 is 18.0 Å². The fourth-order valence-corrected chi connectivity index (χ4v) is 2.84. The summed E-state index contributed by atoms with van der Waals surface area (Å²) in [6.07, 6.45) is -1.11. The molecule has 1 amide bonds. The Kier molecular flexibility index (Phi) is 5.87. The van der Waals surface area contributed by atoms with Gasteiger partial charge in [0, 0.05) is 11.5 Å². The van der Waals surface area contributed by atoms with Crippen LogP contribution in [0, 0.1) is 0 Å². The molecular weight excluding hydrogens is 374 g/mol. The number of phenols is 1. The largest absolute Gasteiger partial charge is 0.506 e. The Bertz CT molecular complexity index is 1060. The standard InChI is InChI=1S/C22H21NO6/c1-13(21(25)23-18-12-15(27-2)9-11-19(18)28-3)29-22(26)17-10-8-14-6-4-5-7-16(14)20(17)24/h4-13,24H,1-3H3,(H,23,25). The molecule has 7 nitrogen and oxygen atoms in total. The van der Waals surface area contributed by atoms with E-state index in [0.717, 1.165) is 5.39 Å². The highest BCUT2D eigenvalue weighted by molar-refractivity contribution is 6.03. The Morgan fingerprint density at radius 1 is 1.00 bits per heavy atom. The smallest absolute Gasteiger partial charge is 0.342 e. The van der Waals surface area contributed by atoms with Gasteiger partial charge in [0.15, 0.2) is 6.10 Å². The number of amides is 1. The van der Waals surface area contributed by atoms with Crippen LogP contribution in [0.4, 0.5) is 5.69 Å². The lowest BCUT2D eigenvalue weighted by Gasteiger charge is -2.16. The lowest BCUT2D eigenvalue weighted by atomic mass is 10.1. The van der Waals surface area contributed by atoms with Gasteiger partial charge in [-0.1, -0.05) is 30.3 Å². The number of benzene rings is 3. The van der Waals surface area contributed by atoms with Crippen molar-refractivity contribution >= 4 is 28.3 Å². The van der Waals surface area contributed by atoms with E-state index in [0.29, 0.717) is 22.6 Å². The predicted molar refractivity (Wildman–Crippen MR) is 109 cm³/mol. The van der Waals surface area contributed by atoms with Gasteiger partial charge in [-0.3, -0.25) is 4.79 Å². The molecule has 1 atom stereocenters. The number of fused-ring (bicyclic) bond motifs is 1. The van der Waals surface area contributed by atoms with Gasteiger partial charge in [0.2, 0.25) is 0 Å². The van der Waals surface area contributed by atoms with E-state index in [1.54, 1.807) is 36.4 Å². The molecule has 2 N–H and O–H groups in total. The van der Waals surface area contributed by atoms with E-state index in [4.69, 9.17) is 14.2 Å². The molecule has 0 saturated carbocycles. The highest BCUT2D eigenvalue weighted by atomic mass is 16.5. The first kappa shape index (κ1) is 20.0. The number of hydrogen-bond donors (Lipinski definition) is 2. The van der Waals surface area contributed by atoms with Gasteiger partial charge >= 0.3 is 5.97 Å². The molecule has 0 radical (unpaired) electrons. The third-order valence-corrected chi connectivity index (χ3v) is 4.44. The number of nitrogens with one attached hydrogen (secondary N) is 1. The van der Waals surface area contributed by atoms with Gasteiger partial charge in [-0.15, -0.1) is 0 Å². The van der Waals surface area contributed by atoms with Crippen molar-refractivity contribution in [3.05, 3.63) is 60.2 Å². The van der Waals surface area contributed by atoms with Crippen LogP contribution in [0.2, 0.25) is 0 Å². The Morgan fingerprint density at radius 2 is 1.76 bits per heavy atom. The van der Waals surface area contributed by atoms with Crippen LogP contribution in [0.25, 0.3) is 10.8 Å². The summed E-state index contributed by atoms with van der Waals surface area (Å²) in [7, 11) is 2.98. The second-order valence-corrected chi connectivity index (χ2v) is 6.29. The van der Waals surface area contributed by atoms with E-state index in [2.05, 4.69) is 5.32 Å². The number of phenolic OH excluding ortho intramolecular Hbond substituents is 1. The second kappa shape index (κ2) is 8.52. The van der Waals surface area contributed by atoms with Crippen molar-refractivity contribution in [1.29, 1.82) is 0 Å². The highest BCUT2D eigenvalue weighted by Crippen LogP contribution is 2.30. The number of aromatic hydroxyl groups is 1. The number of hydrogen-bond acceptors (Lipinski definition) is 6. The first-order valence-corrected chi connectivity index (χ1v) is 8.89. The number of methoxy groups -OCH3 is 2. The van der Waals surface area contributed by atoms with Crippen molar-refractivity contribution in [3.8, 4) is 17.2 Å². The molecule has 0 heterocycles. The summed E-state index contributed by atoms with van der Waals surface area (Å²) in [5, 5.41) is 14.4. The van der Waals surface area contributed by atoms with Crippen molar-refractivity contribution in [2.45, 2.75) is 13.0 Å². The first-order valence-electron chi connectivity index (χ1n) is 8.89. The van der Waals surface area contributed by atoms with Gasteiger partial charge < -0.3 is 24.6 Å². The van der Waals surface area contributed by atoms with Crippen LogP contribution in [0.15, 0.2) is 54.6 Å². The molecule has 0 aliphatic heterocycles. The van der Waals surface area contributed by atoms with Crippen LogP contribution in [0.1, 0.15) is 17.3 Å². The Morgan fingerprint density at radius 3 is 2.48 bits per heavy atom. The monoisotopic (exact) mass is 395 g/mol. The molecule has 0 spiro atoms. The minimum atomic E-state index is -1.11. The minimum absolute atomic E-state index is 0.0117. The van der Waals surface area contributed by atoms with Crippen LogP contribution >= 0.6 is 0 Å². The maximum Gasteiger partial charge on any atom is 0.342 e. The van der Waals surface area contributed by atoms with Crippen molar-refractivity contribution < 1.29 is 28.9 Å². The Balaban J connectivity index is 1.75. The maximum absolute atomic E-state index is 12.5. The summed E-state index contributed by atoms with van der Waals surface area (Å²) in [4.78, 5) is 25.0. The molecular formula is C22H21NO6. The van der Waals surface area contributed by atoms with Gasteiger partial charge in [-0.25, -0.2) is 4.79 Å². The van der Waals surface area contributed by atoms with Crippen molar-refractivity contribution in [3.63, 3.8) is 0 Å². The van der Waals surface area contributed by atoms with Gasteiger partial charge in [0.25, 0.3) is 5.91 Å². The summed E-state index contributed by atoms with van der Waals surface area (Å²) in [5.41, 5.74) is 0.371. The SMILES string of the molecule is COc1ccc(OC)c(NC(=O)C(C)OC(=O)c2ccc3ccccc3c2O)c1. The van der Waals surface area contributed by atoms with Crippen molar-refractivity contribution in [1.82, 2.24) is 0 Å². The zero-order valence-corrected chi connectivity index (χ0v) is 16.3. The van der Waals surface area contributed by atoms with E-state index in [1.807, 2.05) is 12.1 Å². The average Bonchev–Trinajstić information content (AvgIpc) is 2.73. The fourth-order valence-electron chi connectivity index (χ4n) is 2.84.